The van der Waals surface area contributed by atoms with Gasteiger partial charge >= 0.3 is 0 Å². The topological polar surface area (TPSA) is 45.2 Å². The molecule has 1 saturated heterocycles. The molecule has 3 rings (SSSR count). The molecule has 0 radical (unpaired) electrons. The molecule has 0 saturated carbocycles. The van der Waals surface area contributed by atoms with Gasteiger partial charge in [0.1, 0.15) is 0 Å². The van der Waals surface area contributed by atoms with Crippen molar-refractivity contribution in [2.24, 2.45) is 0 Å². The molecule has 1 aliphatic heterocycles. The number of nitrogens with one attached hydrogen (secondary N) is 1. The SMILES string of the molecule is CCN1CCC(NC(=O)c2ccc(-c3cccc(Br)c3)nc2C)CC1. The van der Waals surface area contributed by atoms with Gasteiger partial charge in [-0.2, -0.15) is 0 Å². The number of rotatable bonds is 4. The number of hydrogen-bond donors (Lipinski definition) is 1. The van der Waals surface area contributed by atoms with Crippen LogP contribution in [0.3, 0.4) is 0 Å². The van der Waals surface area contributed by atoms with Gasteiger partial charge in [-0.1, -0.05) is 35.0 Å². The molecule has 0 atom stereocenters. The van der Waals surface area contributed by atoms with Crippen molar-refractivity contribution in [3.05, 3.63) is 52.1 Å². The van der Waals surface area contributed by atoms with Crippen LogP contribution in [0.1, 0.15) is 35.8 Å². The van der Waals surface area contributed by atoms with Crippen LogP contribution in [0.25, 0.3) is 11.3 Å². The first-order chi connectivity index (χ1) is 12.1. The molecule has 1 amide bonds. The first-order valence-corrected chi connectivity index (χ1v) is 9.63. The quantitative estimate of drug-likeness (QED) is 0.840. The summed E-state index contributed by atoms with van der Waals surface area (Å²) < 4.78 is 1.02. The zero-order valence-corrected chi connectivity index (χ0v) is 16.3. The van der Waals surface area contributed by atoms with Gasteiger partial charge in [0.2, 0.25) is 0 Å². The number of halogens is 1. The summed E-state index contributed by atoms with van der Waals surface area (Å²) in [5.74, 6) is -0.0132. The molecule has 1 aromatic carbocycles. The minimum absolute atomic E-state index is 0.0132. The molecule has 1 N–H and O–H groups in total. The number of likely N-dealkylation sites (tertiary alicyclic amines) is 1. The second kappa shape index (κ2) is 8.11. The summed E-state index contributed by atoms with van der Waals surface area (Å²) >= 11 is 3.48. The largest absolute Gasteiger partial charge is 0.349 e. The Kier molecular flexibility index (Phi) is 5.86. The first-order valence-electron chi connectivity index (χ1n) is 8.83. The molecule has 0 bridgehead atoms. The van der Waals surface area contributed by atoms with Crippen LogP contribution < -0.4 is 5.32 Å². The van der Waals surface area contributed by atoms with Gasteiger partial charge in [-0.05, 0) is 50.6 Å². The van der Waals surface area contributed by atoms with Crippen LogP contribution >= 0.6 is 15.9 Å². The fraction of sp³-hybridized carbons (Fsp3) is 0.400. The van der Waals surface area contributed by atoms with Gasteiger partial charge in [0.15, 0.2) is 0 Å². The summed E-state index contributed by atoms with van der Waals surface area (Å²) in [6.45, 7) is 7.28. The van der Waals surface area contributed by atoms with Crippen LogP contribution in [0.4, 0.5) is 0 Å². The molecular formula is C20H24BrN3O. The lowest BCUT2D eigenvalue weighted by Gasteiger charge is -2.31. The number of aryl methyl sites for hydroxylation is 1. The molecule has 25 heavy (non-hydrogen) atoms. The summed E-state index contributed by atoms with van der Waals surface area (Å²) in [5.41, 5.74) is 3.35. The molecule has 1 aliphatic rings. The second-order valence-electron chi connectivity index (χ2n) is 6.52. The molecule has 0 aliphatic carbocycles. The van der Waals surface area contributed by atoms with Crippen molar-refractivity contribution >= 4 is 21.8 Å². The molecule has 4 nitrogen and oxygen atoms in total. The van der Waals surface area contributed by atoms with Crippen LogP contribution in [0, 0.1) is 6.92 Å². The van der Waals surface area contributed by atoms with E-state index in [1.54, 1.807) is 0 Å². The summed E-state index contributed by atoms with van der Waals surface area (Å²) in [4.78, 5) is 19.7. The van der Waals surface area contributed by atoms with Gasteiger partial charge in [0.05, 0.1) is 17.0 Å². The standard InChI is InChI=1S/C20H24BrN3O/c1-3-24-11-9-17(10-12-24)23-20(25)18-7-8-19(22-14(18)2)15-5-4-6-16(21)13-15/h4-8,13,17H,3,9-12H2,1-2H3,(H,23,25). The first kappa shape index (κ1) is 18.1. The van der Waals surface area contributed by atoms with Crippen molar-refractivity contribution in [2.75, 3.05) is 19.6 Å². The van der Waals surface area contributed by atoms with Gasteiger partial charge in [0.25, 0.3) is 5.91 Å². The smallest absolute Gasteiger partial charge is 0.253 e. The molecule has 2 heterocycles. The average molecular weight is 402 g/mol. The number of carbonyl (C=O) groups excluding carboxylic acids is 1. The van der Waals surface area contributed by atoms with Gasteiger partial charge in [-0.25, -0.2) is 0 Å². The van der Waals surface area contributed by atoms with Crippen LogP contribution in [0.5, 0.6) is 0 Å². The number of piperidine rings is 1. The zero-order chi connectivity index (χ0) is 17.8. The molecule has 2 aromatic rings. The minimum atomic E-state index is -0.0132. The molecule has 5 heteroatoms. The number of nitrogens with zero attached hydrogens (tertiary/aromatic N) is 2. The van der Waals surface area contributed by atoms with E-state index in [1.165, 1.54) is 0 Å². The summed E-state index contributed by atoms with van der Waals surface area (Å²) in [7, 11) is 0. The lowest BCUT2D eigenvalue weighted by Crippen LogP contribution is -2.44. The third-order valence-corrected chi connectivity index (χ3v) is 5.31. The average Bonchev–Trinajstić information content (AvgIpc) is 2.62. The fourth-order valence-electron chi connectivity index (χ4n) is 3.27. The van der Waals surface area contributed by atoms with E-state index in [0.29, 0.717) is 5.56 Å². The minimum Gasteiger partial charge on any atom is -0.349 e. The second-order valence-corrected chi connectivity index (χ2v) is 7.44. The Morgan fingerprint density at radius 2 is 2.04 bits per heavy atom. The van der Waals surface area contributed by atoms with Crippen molar-refractivity contribution in [3.63, 3.8) is 0 Å². The molecule has 1 aromatic heterocycles. The maximum absolute atomic E-state index is 12.6. The maximum atomic E-state index is 12.6. The van der Waals surface area contributed by atoms with Crippen LogP contribution in [0.15, 0.2) is 40.9 Å². The highest BCUT2D eigenvalue weighted by atomic mass is 79.9. The van der Waals surface area contributed by atoms with E-state index in [1.807, 2.05) is 43.3 Å². The van der Waals surface area contributed by atoms with Gasteiger partial charge in [0, 0.05) is 29.2 Å². The van der Waals surface area contributed by atoms with Gasteiger partial charge in [-0.3, -0.25) is 9.78 Å². The van der Waals surface area contributed by atoms with Gasteiger partial charge in [-0.15, -0.1) is 0 Å². The Hall–Kier alpha value is -1.72. The predicted octanol–water partition coefficient (Wildman–Crippen LogP) is 4.03. The fourth-order valence-corrected chi connectivity index (χ4v) is 3.67. The van der Waals surface area contributed by atoms with E-state index < -0.39 is 0 Å². The predicted molar refractivity (Wildman–Crippen MR) is 105 cm³/mol. The Balaban J connectivity index is 1.69. The number of aromatic nitrogens is 1. The van der Waals surface area contributed by atoms with Crippen LogP contribution in [-0.2, 0) is 0 Å². The van der Waals surface area contributed by atoms with E-state index >= 15 is 0 Å². The highest BCUT2D eigenvalue weighted by Crippen LogP contribution is 2.22. The Bertz CT molecular complexity index is 754. The van der Waals surface area contributed by atoms with Crippen molar-refractivity contribution in [3.8, 4) is 11.3 Å². The van der Waals surface area contributed by atoms with Crippen molar-refractivity contribution in [2.45, 2.75) is 32.7 Å². The number of carbonyl (C=O) groups is 1. The third kappa shape index (κ3) is 4.47. The third-order valence-electron chi connectivity index (χ3n) is 4.82. The van der Waals surface area contributed by atoms with E-state index in [9.17, 15) is 4.79 Å². The summed E-state index contributed by atoms with van der Waals surface area (Å²) in [5, 5.41) is 3.18. The number of hydrogen-bond acceptors (Lipinski definition) is 3. The molecule has 1 fully saturated rings. The molecule has 132 valence electrons. The normalized spacial score (nSPS) is 16.0. The molecular weight excluding hydrogens is 378 g/mol. The van der Waals surface area contributed by atoms with Crippen LogP contribution in [-0.4, -0.2) is 41.5 Å². The monoisotopic (exact) mass is 401 g/mol. The lowest BCUT2D eigenvalue weighted by molar-refractivity contribution is 0.0911. The summed E-state index contributed by atoms with van der Waals surface area (Å²) in [6.07, 6.45) is 2.03. The molecule has 0 spiro atoms. The number of amides is 1. The molecule has 0 unspecified atom stereocenters. The zero-order valence-electron chi connectivity index (χ0n) is 14.8. The van der Waals surface area contributed by atoms with Crippen molar-refractivity contribution < 1.29 is 4.79 Å². The van der Waals surface area contributed by atoms with Crippen molar-refractivity contribution in [1.29, 1.82) is 0 Å². The Morgan fingerprint density at radius 3 is 2.68 bits per heavy atom. The number of pyridine rings is 1. The Morgan fingerprint density at radius 1 is 1.28 bits per heavy atom. The Labute approximate surface area is 157 Å². The van der Waals surface area contributed by atoms with Gasteiger partial charge < -0.3 is 10.2 Å². The van der Waals surface area contributed by atoms with Crippen LogP contribution in [0.2, 0.25) is 0 Å². The highest BCUT2D eigenvalue weighted by Gasteiger charge is 2.21. The van der Waals surface area contributed by atoms with E-state index in [2.05, 4.69) is 38.1 Å². The number of benzene rings is 1. The van der Waals surface area contributed by atoms with Crippen molar-refractivity contribution in [1.82, 2.24) is 15.2 Å². The summed E-state index contributed by atoms with van der Waals surface area (Å²) in [6, 6.07) is 12.1. The lowest BCUT2D eigenvalue weighted by atomic mass is 10.0. The highest BCUT2D eigenvalue weighted by molar-refractivity contribution is 9.10. The van der Waals surface area contributed by atoms with E-state index in [4.69, 9.17) is 0 Å². The van der Waals surface area contributed by atoms with E-state index in [-0.39, 0.29) is 11.9 Å². The maximum Gasteiger partial charge on any atom is 0.253 e. The van der Waals surface area contributed by atoms with E-state index in [0.717, 1.165) is 53.9 Å².